The van der Waals surface area contributed by atoms with Crippen LogP contribution in [-0.4, -0.2) is 42.7 Å². The van der Waals surface area contributed by atoms with Gasteiger partial charge in [-0.25, -0.2) is 4.79 Å². The minimum Gasteiger partial charge on any atom is -0.486 e. The first-order valence-corrected chi connectivity index (χ1v) is 8.36. The van der Waals surface area contributed by atoms with Crippen LogP contribution in [0.15, 0.2) is 42.7 Å². The van der Waals surface area contributed by atoms with Crippen LogP contribution in [-0.2, 0) is 4.79 Å². The van der Waals surface area contributed by atoms with Crippen LogP contribution in [0.1, 0.15) is 6.42 Å². The molecule has 0 radical (unpaired) electrons. The lowest BCUT2D eigenvalue weighted by molar-refractivity contribution is -0.117. The van der Waals surface area contributed by atoms with Crippen molar-refractivity contribution in [1.29, 1.82) is 0 Å². The third kappa shape index (κ3) is 3.39. The molecule has 8 nitrogen and oxygen atoms in total. The van der Waals surface area contributed by atoms with Gasteiger partial charge in [0.1, 0.15) is 13.2 Å². The zero-order valence-corrected chi connectivity index (χ0v) is 14.0. The Hall–Kier alpha value is -3.29. The van der Waals surface area contributed by atoms with Crippen LogP contribution >= 0.6 is 0 Å². The molecule has 1 aromatic carbocycles. The maximum absolute atomic E-state index is 12.4. The van der Waals surface area contributed by atoms with E-state index in [2.05, 4.69) is 15.6 Å². The van der Waals surface area contributed by atoms with Crippen molar-refractivity contribution in [2.75, 3.05) is 30.0 Å². The van der Waals surface area contributed by atoms with Gasteiger partial charge in [-0.3, -0.25) is 9.78 Å². The van der Waals surface area contributed by atoms with E-state index < -0.39 is 0 Å². The van der Waals surface area contributed by atoms with E-state index >= 15 is 0 Å². The molecule has 2 aliphatic rings. The van der Waals surface area contributed by atoms with Crippen LogP contribution < -0.4 is 25.0 Å². The van der Waals surface area contributed by atoms with Gasteiger partial charge in [0, 0.05) is 30.9 Å². The van der Waals surface area contributed by atoms with Crippen LogP contribution in [0.5, 0.6) is 11.5 Å². The number of anilines is 2. The number of pyridine rings is 1. The fourth-order valence-corrected chi connectivity index (χ4v) is 3.04. The van der Waals surface area contributed by atoms with Crippen LogP contribution in [0, 0.1) is 0 Å². The van der Waals surface area contributed by atoms with Crippen molar-refractivity contribution in [3.63, 3.8) is 0 Å². The van der Waals surface area contributed by atoms with Crippen molar-refractivity contribution >= 4 is 23.3 Å². The summed E-state index contributed by atoms with van der Waals surface area (Å²) in [5.41, 5.74) is 1.33. The monoisotopic (exact) mass is 354 g/mol. The van der Waals surface area contributed by atoms with Crippen molar-refractivity contribution in [3.8, 4) is 11.5 Å². The Labute approximate surface area is 150 Å². The fraction of sp³-hybridized carbons (Fsp3) is 0.278. The topological polar surface area (TPSA) is 92.8 Å². The smallest absolute Gasteiger partial charge is 0.319 e. The third-order valence-corrected chi connectivity index (χ3v) is 4.22. The molecule has 1 aromatic heterocycles. The lowest BCUT2D eigenvalue weighted by Crippen LogP contribution is -2.39. The summed E-state index contributed by atoms with van der Waals surface area (Å²) in [6, 6.07) is 8.26. The molecule has 1 saturated heterocycles. The quantitative estimate of drug-likeness (QED) is 0.876. The molecular weight excluding hydrogens is 336 g/mol. The van der Waals surface area contributed by atoms with Gasteiger partial charge in [0.15, 0.2) is 11.5 Å². The number of aromatic nitrogens is 1. The molecule has 26 heavy (non-hydrogen) atoms. The van der Waals surface area contributed by atoms with Crippen LogP contribution in [0.2, 0.25) is 0 Å². The number of nitrogens with zero attached hydrogens (tertiary/aromatic N) is 2. The summed E-state index contributed by atoms with van der Waals surface area (Å²) in [4.78, 5) is 30.0. The molecule has 0 saturated carbocycles. The van der Waals surface area contributed by atoms with Crippen molar-refractivity contribution < 1.29 is 19.1 Å². The van der Waals surface area contributed by atoms with Crippen molar-refractivity contribution in [2.45, 2.75) is 12.5 Å². The molecule has 0 aliphatic carbocycles. The van der Waals surface area contributed by atoms with Crippen LogP contribution in [0.4, 0.5) is 16.2 Å². The molecule has 1 fully saturated rings. The predicted molar refractivity (Wildman–Crippen MR) is 94.6 cm³/mol. The first-order chi connectivity index (χ1) is 12.7. The Kier molecular flexibility index (Phi) is 4.30. The number of fused-ring (bicyclic) bond motifs is 1. The largest absolute Gasteiger partial charge is 0.486 e. The van der Waals surface area contributed by atoms with E-state index in [1.807, 2.05) is 6.07 Å². The van der Waals surface area contributed by atoms with Crippen molar-refractivity contribution in [3.05, 3.63) is 42.7 Å². The van der Waals surface area contributed by atoms with Crippen LogP contribution in [0.3, 0.4) is 0 Å². The average Bonchev–Trinajstić information content (AvgIpc) is 3.02. The highest BCUT2D eigenvalue weighted by molar-refractivity contribution is 5.98. The Morgan fingerprint density at radius 1 is 1.19 bits per heavy atom. The number of urea groups is 1. The minimum absolute atomic E-state index is 0.0478. The summed E-state index contributed by atoms with van der Waals surface area (Å²) in [5, 5.41) is 5.52. The van der Waals surface area contributed by atoms with E-state index in [1.54, 1.807) is 41.6 Å². The molecule has 2 N–H and O–H groups in total. The Morgan fingerprint density at radius 2 is 2.04 bits per heavy atom. The fourth-order valence-electron chi connectivity index (χ4n) is 3.04. The van der Waals surface area contributed by atoms with Crippen molar-refractivity contribution in [2.24, 2.45) is 0 Å². The third-order valence-electron chi connectivity index (χ3n) is 4.22. The van der Waals surface area contributed by atoms with Gasteiger partial charge >= 0.3 is 6.03 Å². The summed E-state index contributed by atoms with van der Waals surface area (Å²) < 4.78 is 11.1. The molecule has 2 aromatic rings. The molecule has 3 amide bonds. The molecule has 4 rings (SSSR count). The molecular formula is C18H18N4O4. The van der Waals surface area contributed by atoms with E-state index in [4.69, 9.17) is 9.47 Å². The zero-order valence-electron chi connectivity index (χ0n) is 14.0. The number of ether oxygens (including phenoxy) is 2. The normalized spacial score (nSPS) is 18.5. The van der Waals surface area contributed by atoms with Crippen molar-refractivity contribution in [1.82, 2.24) is 10.3 Å². The van der Waals surface area contributed by atoms with E-state index in [9.17, 15) is 9.59 Å². The second-order valence-electron chi connectivity index (χ2n) is 6.07. The van der Waals surface area contributed by atoms with E-state index in [1.165, 1.54) is 0 Å². The second kappa shape index (κ2) is 6.91. The lowest BCUT2D eigenvalue weighted by Gasteiger charge is -2.22. The Morgan fingerprint density at radius 3 is 2.85 bits per heavy atom. The number of hydrogen-bond donors (Lipinski definition) is 2. The minimum atomic E-state index is -0.361. The number of carbonyl (C=O) groups is 2. The predicted octanol–water partition coefficient (Wildman–Crippen LogP) is 1.78. The summed E-state index contributed by atoms with van der Waals surface area (Å²) >= 11 is 0. The van der Waals surface area contributed by atoms with Gasteiger partial charge in [0.2, 0.25) is 5.91 Å². The van der Waals surface area contributed by atoms with Gasteiger partial charge in [-0.2, -0.15) is 0 Å². The number of carbonyl (C=O) groups excluding carboxylic acids is 2. The SMILES string of the molecule is O=C(Nc1cccnc1)NC1CC(=O)N(c2ccc3c(c2)OCCO3)C1. The number of hydrogen-bond acceptors (Lipinski definition) is 5. The van der Waals surface area contributed by atoms with E-state index in [0.717, 1.165) is 5.69 Å². The van der Waals surface area contributed by atoms with Gasteiger partial charge in [0.25, 0.3) is 0 Å². The van der Waals surface area contributed by atoms with Gasteiger partial charge in [-0.1, -0.05) is 0 Å². The molecule has 1 unspecified atom stereocenters. The molecule has 1 atom stereocenters. The van der Waals surface area contributed by atoms with Gasteiger partial charge < -0.3 is 25.0 Å². The summed E-state index contributed by atoms with van der Waals surface area (Å²) in [7, 11) is 0. The first-order valence-electron chi connectivity index (χ1n) is 8.36. The zero-order chi connectivity index (χ0) is 17.9. The number of amides is 3. The molecule has 0 bridgehead atoms. The molecule has 2 aliphatic heterocycles. The standard InChI is InChI=1S/C18H18N4O4/c23-17-8-13(21-18(24)20-12-2-1-5-19-10-12)11-22(17)14-3-4-15-16(9-14)26-7-6-25-15/h1-5,9-10,13H,6-8,11H2,(H2,20,21,24). The maximum atomic E-state index is 12.4. The van der Waals surface area contributed by atoms with Crippen LogP contribution in [0.25, 0.3) is 0 Å². The summed E-state index contributed by atoms with van der Waals surface area (Å²) in [6.07, 6.45) is 3.43. The highest BCUT2D eigenvalue weighted by Crippen LogP contribution is 2.35. The molecule has 0 spiro atoms. The van der Waals surface area contributed by atoms with Gasteiger partial charge in [-0.05, 0) is 24.3 Å². The number of rotatable bonds is 3. The van der Waals surface area contributed by atoms with Gasteiger partial charge in [-0.15, -0.1) is 0 Å². The Balaban J connectivity index is 1.40. The molecule has 134 valence electrons. The van der Waals surface area contributed by atoms with Gasteiger partial charge in [0.05, 0.1) is 17.9 Å². The Bertz CT molecular complexity index is 827. The van der Waals surface area contributed by atoms with E-state index in [-0.39, 0.29) is 24.4 Å². The lowest BCUT2D eigenvalue weighted by atomic mass is 10.2. The second-order valence-corrected chi connectivity index (χ2v) is 6.07. The summed E-state index contributed by atoms with van der Waals surface area (Å²) in [5.74, 6) is 1.26. The molecule has 3 heterocycles. The molecule has 8 heteroatoms. The number of nitrogens with one attached hydrogen (secondary N) is 2. The highest BCUT2D eigenvalue weighted by Gasteiger charge is 2.32. The highest BCUT2D eigenvalue weighted by atomic mass is 16.6. The average molecular weight is 354 g/mol. The number of benzene rings is 1. The summed E-state index contributed by atoms with van der Waals surface area (Å²) in [6.45, 7) is 1.41. The maximum Gasteiger partial charge on any atom is 0.319 e. The van der Waals surface area contributed by atoms with E-state index in [0.29, 0.717) is 36.9 Å². The first kappa shape index (κ1) is 16.2.